The molecule has 0 bridgehead atoms. The molecule has 3 atom stereocenters. The summed E-state index contributed by atoms with van der Waals surface area (Å²) in [5, 5.41) is 10.1. The minimum atomic E-state index is 0.0467. The zero-order valence-electron chi connectivity index (χ0n) is 18.4. The maximum absolute atomic E-state index is 12.5. The Kier molecular flexibility index (Phi) is 6.90. The lowest BCUT2D eigenvalue weighted by Gasteiger charge is -2.57. The Balaban J connectivity index is 1.54. The molecular formula is C25H32N2O4. The van der Waals surface area contributed by atoms with Gasteiger partial charge in [-0.1, -0.05) is 36.4 Å². The second-order valence-corrected chi connectivity index (χ2v) is 8.41. The van der Waals surface area contributed by atoms with Gasteiger partial charge in [-0.25, -0.2) is 0 Å². The van der Waals surface area contributed by atoms with Crippen LogP contribution in [0.3, 0.4) is 0 Å². The highest BCUT2D eigenvalue weighted by molar-refractivity contribution is 5.77. The Labute approximate surface area is 184 Å². The highest BCUT2D eigenvalue weighted by atomic mass is 16.5. The van der Waals surface area contributed by atoms with E-state index in [1.807, 2.05) is 17.0 Å². The van der Waals surface area contributed by atoms with Gasteiger partial charge in [-0.05, 0) is 48.2 Å². The third-order valence-electron chi connectivity index (χ3n) is 6.71. The van der Waals surface area contributed by atoms with E-state index in [4.69, 9.17) is 9.47 Å². The van der Waals surface area contributed by atoms with E-state index in [1.54, 1.807) is 14.2 Å². The number of nitrogens with zero attached hydrogens (tertiary/aromatic N) is 2. The van der Waals surface area contributed by atoms with Crippen LogP contribution in [0, 0.1) is 0 Å². The van der Waals surface area contributed by atoms with E-state index >= 15 is 0 Å². The maximum atomic E-state index is 12.5. The van der Waals surface area contributed by atoms with E-state index in [1.165, 1.54) is 5.56 Å². The molecule has 2 aromatic rings. The molecule has 2 aliphatic heterocycles. The van der Waals surface area contributed by atoms with Crippen LogP contribution < -0.4 is 4.74 Å². The van der Waals surface area contributed by atoms with Crippen LogP contribution in [0.5, 0.6) is 5.75 Å². The first kappa shape index (κ1) is 21.8. The van der Waals surface area contributed by atoms with Gasteiger partial charge in [0.25, 0.3) is 0 Å². The monoisotopic (exact) mass is 424 g/mol. The van der Waals surface area contributed by atoms with Crippen molar-refractivity contribution in [2.75, 3.05) is 47.1 Å². The summed E-state index contributed by atoms with van der Waals surface area (Å²) < 4.78 is 10.3. The van der Waals surface area contributed by atoms with Crippen LogP contribution in [0.25, 0.3) is 11.1 Å². The minimum absolute atomic E-state index is 0.0467. The highest BCUT2D eigenvalue weighted by Crippen LogP contribution is 2.42. The van der Waals surface area contributed by atoms with Crippen molar-refractivity contribution >= 4 is 5.91 Å². The predicted molar refractivity (Wildman–Crippen MR) is 120 cm³/mol. The number of methoxy groups -OCH3 is 2. The average molecular weight is 425 g/mol. The molecule has 2 fully saturated rings. The first-order chi connectivity index (χ1) is 15.2. The topological polar surface area (TPSA) is 62.2 Å². The molecule has 0 aromatic heterocycles. The highest BCUT2D eigenvalue weighted by Gasteiger charge is 2.49. The Bertz CT molecular complexity index is 868. The number of rotatable bonds is 6. The van der Waals surface area contributed by atoms with Crippen LogP contribution in [0.1, 0.15) is 24.3 Å². The number of fused-ring (bicyclic) bond motifs is 1. The summed E-state index contributed by atoms with van der Waals surface area (Å²) in [5.41, 5.74) is 3.51. The molecule has 2 aliphatic rings. The number of aliphatic hydroxyl groups excluding tert-OH is 1. The Morgan fingerprint density at radius 2 is 1.65 bits per heavy atom. The molecule has 2 aromatic carbocycles. The SMILES string of the molecule is COCC(=O)N1CCCCN2[C@H](C1)[C@@H](c1ccc(-c3ccc(OC)cc3)cc1)[C@@H]2CO. The van der Waals surface area contributed by atoms with Gasteiger partial charge in [-0.3, -0.25) is 9.69 Å². The first-order valence-electron chi connectivity index (χ1n) is 11.0. The molecule has 1 amide bonds. The predicted octanol–water partition coefficient (Wildman–Crippen LogP) is 2.76. The van der Waals surface area contributed by atoms with Crippen molar-refractivity contribution in [3.05, 3.63) is 54.1 Å². The molecule has 166 valence electrons. The van der Waals surface area contributed by atoms with Crippen molar-refractivity contribution in [3.63, 3.8) is 0 Å². The summed E-state index contributed by atoms with van der Waals surface area (Å²) in [6.07, 6.45) is 2.02. The molecule has 6 nitrogen and oxygen atoms in total. The van der Waals surface area contributed by atoms with Gasteiger partial charge < -0.3 is 19.5 Å². The Morgan fingerprint density at radius 3 is 2.26 bits per heavy atom. The van der Waals surface area contributed by atoms with E-state index < -0.39 is 0 Å². The van der Waals surface area contributed by atoms with E-state index in [0.717, 1.165) is 42.8 Å². The molecule has 31 heavy (non-hydrogen) atoms. The molecule has 0 saturated carbocycles. The van der Waals surface area contributed by atoms with Crippen LogP contribution in [-0.2, 0) is 9.53 Å². The lowest BCUT2D eigenvalue weighted by molar-refractivity contribution is -0.140. The number of benzene rings is 2. The lowest BCUT2D eigenvalue weighted by Crippen LogP contribution is -2.68. The molecule has 0 unspecified atom stereocenters. The fourth-order valence-electron chi connectivity index (χ4n) is 5.06. The Hall–Kier alpha value is -2.41. The van der Waals surface area contributed by atoms with Gasteiger partial charge in [0.1, 0.15) is 12.4 Å². The van der Waals surface area contributed by atoms with Gasteiger partial charge in [0.05, 0.1) is 13.7 Å². The van der Waals surface area contributed by atoms with Gasteiger partial charge in [-0.15, -0.1) is 0 Å². The molecule has 0 radical (unpaired) electrons. The number of ether oxygens (including phenoxy) is 2. The minimum Gasteiger partial charge on any atom is -0.497 e. The Morgan fingerprint density at radius 1 is 1.00 bits per heavy atom. The average Bonchev–Trinajstić information content (AvgIpc) is 2.78. The summed E-state index contributed by atoms with van der Waals surface area (Å²) in [5.74, 6) is 1.11. The number of amides is 1. The van der Waals surface area contributed by atoms with Crippen molar-refractivity contribution < 1.29 is 19.4 Å². The van der Waals surface area contributed by atoms with Crippen LogP contribution in [0.15, 0.2) is 48.5 Å². The zero-order valence-corrected chi connectivity index (χ0v) is 18.4. The van der Waals surface area contributed by atoms with Crippen molar-refractivity contribution in [3.8, 4) is 16.9 Å². The summed E-state index contributed by atoms with van der Waals surface area (Å²) in [6, 6.07) is 17.0. The van der Waals surface area contributed by atoms with E-state index in [2.05, 4.69) is 41.3 Å². The molecular weight excluding hydrogens is 392 g/mol. The maximum Gasteiger partial charge on any atom is 0.248 e. The molecule has 1 N–H and O–H groups in total. The molecule has 2 heterocycles. The van der Waals surface area contributed by atoms with Crippen LogP contribution in [0.2, 0.25) is 0 Å². The van der Waals surface area contributed by atoms with Gasteiger partial charge >= 0.3 is 0 Å². The molecule has 2 saturated heterocycles. The van der Waals surface area contributed by atoms with Gasteiger partial charge in [-0.2, -0.15) is 0 Å². The summed E-state index contributed by atoms with van der Waals surface area (Å²) >= 11 is 0. The summed E-state index contributed by atoms with van der Waals surface area (Å²) in [7, 11) is 3.23. The largest absolute Gasteiger partial charge is 0.497 e. The number of carbonyl (C=O) groups is 1. The van der Waals surface area contributed by atoms with Gasteiger partial charge in [0, 0.05) is 38.2 Å². The zero-order chi connectivity index (χ0) is 21.8. The first-order valence-corrected chi connectivity index (χ1v) is 11.0. The number of carbonyl (C=O) groups excluding carboxylic acids is 1. The fourth-order valence-corrected chi connectivity index (χ4v) is 5.06. The molecule has 0 aliphatic carbocycles. The molecule has 4 rings (SSSR count). The number of hydrogen-bond acceptors (Lipinski definition) is 5. The quantitative estimate of drug-likeness (QED) is 0.773. The van der Waals surface area contributed by atoms with E-state index in [9.17, 15) is 9.90 Å². The summed E-state index contributed by atoms with van der Waals surface area (Å²) in [4.78, 5) is 16.8. The second-order valence-electron chi connectivity index (χ2n) is 8.41. The molecule has 6 heteroatoms. The van der Waals surface area contributed by atoms with Crippen molar-refractivity contribution in [1.82, 2.24) is 9.80 Å². The van der Waals surface area contributed by atoms with Crippen LogP contribution in [0.4, 0.5) is 0 Å². The third-order valence-corrected chi connectivity index (χ3v) is 6.71. The van der Waals surface area contributed by atoms with Crippen molar-refractivity contribution in [1.29, 1.82) is 0 Å². The van der Waals surface area contributed by atoms with E-state index in [0.29, 0.717) is 6.54 Å². The van der Waals surface area contributed by atoms with Crippen molar-refractivity contribution in [2.24, 2.45) is 0 Å². The molecule has 0 spiro atoms. The van der Waals surface area contributed by atoms with Gasteiger partial charge in [0.15, 0.2) is 0 Å². The normalized spacial score (nSPS) is 24.0. The van der Waals surface area contributed by atoms with Gasteiger partial charge in [0.2, 0.25) is 5.91 Å². The van der Waals surface area contributed by atoms with Crippen LogP contribution in [-0.4, -0.2) is 80.0 Å². The number of hydrogen-bond donors (Lipinski definition) is 1. The fraction of sp³-hybridized carbons (Fsp3) is 0.480. The smallest absolute Gasteiger partial charge is 0.248 e. The van der Waals surface area contributed by atoms with Crippen LogP contribution >= 0.6 is 0 Å². The summed E-state index contributed by atoms with van der Waals surface area (Å²) in [6.45, 7) is 2.69. The standard InChI is InChI=1S/C25H32N2O4/c1-30-17-24(29)26-13-3-4-14-27-22(15-26)25(23(27)16-28)20-7-5-18(6-8-20)19-9-11-21(31-2)12-10-19/h5-12,22-23,25,28H,3-4,13-17H2,1-2H3/t22-,23+,25-/m1/s1. The van der Waals surface area contributed by atoms with Crippen molar-refractivity contribution in [2.45, 2.75) is 30.8 Å². The third kappa shape index (κ3) is 4.47. The lowest BCUT2D eigenvalue weighted by atomic mass is 9.74. The number of aliphatic hydroxyl groups is 1. The second kappa shape index (κ2) is 9.81. The van der Waals surface area contributed by atoms with E-state index in [-0.39, 0.29) is 37.1 Å².